The fourth-order valence-electron chi connectivity index (χ4n) is 1.32. The van der Waals surface area contributed by atoms with Crippen LogP contribution in [0.4, 0.5) is 13.2 Å². The minimum atomic E-state index is -4.59. The van der Waals surface area contributed by atoms with Crippen molar-refractivity contribution in [3.8, 4) is 0 Å². The van der Waals surface area contributed by atoms with Gasteiger partial charge in [-0.15, -0.1) is 0 Å². The van der Waals surface area contributed by atoms with Crippen molar-refractivity contribution in [2.24, 2.45) is 0 Å². The lowest BCUT2D eigenvalue weighted by Gasteiger charge is -2.37. The molecule has 0 spiro atoms. The maximum atomic E-state index is 11.8. The number of nitrogens with one attached hydrogen (secondary N) is 1. The fraction of sp³-hybridized carbons (Fsp3) is 1.00. The summed E-state index contributed by atoms with van der Waals surface area (Å²) in [6.07, 6.45) is -4.81. The van der Waals surface area contributed by atoms with Crippen molar-refractivity contribution in [1.82, 2.24) is 5.32 Å². The first kappa shape index (κ1) is 11.7. The maximum Gasteiger partial charge on any atom is 0.415 e. The Hall–Kier alpha value is -0.330. The number of aliphatic hydroxyl groups is 2. The second kappa shape index (κ2) is 4.04. The van der Waals surface area contributed by atoms with Gasteiger partial charge in [-0.2, -0.15) is 13.2 Å². The van der Waals surface area contributed by atoms with Crippen LogP contribution in [0.2, 0.25) is 0 Å². The number of rotatable bonds is 4. The molecule has 14 heavy (non-hydrogen) atoms. The predicted molar refractivity (Wildman–Crippen MR) is 43.7 cm³/mol. The summed E-state index contributed by atoms with van der Waals surface area (Å²) >= 11 is 0. The molecule has 0 aromatic rings. The van der Waals surface area contributed by atoms with E-state index in [1.165, 1.54) is 0 Å². The quantitative estimate of drug-likeness (QED) is 0.634. The van der Waals surface area contributed by atoms with Gasteiger partial charge in [-0.25, -0.2) is 0 Å². The Balaban J connectivity index is 2.15. The monoisotopic (exact) mass is 213 g/mol. The molecule has 1 saturated carbocycles. The third-order valence-corrected chi connectivity index (χ3v) is 2.45. The first-order chi connectivity index (χ1) is 6.33. The molecule has 1 rings (SSSR count). The minimum Gasteiger partial charge on any atom is -0.389 e. The van der Waals surface area contributed by atoms with Crippen LogP contribution in [0.25, 0.3) is 0 Å². The zero-order valence-electron chi connectivity index (χ0n) is 7.64. The van der Waals surface area contributed by atoms with E-state index in [2.05, 4.69) is 5.32 Å². The number of hydrogen-bond donors (Lipinski definition) is 3. The average Bonchev–Trinajstić information content (AvgIpc) is 1.99. The largest absolute Gasteiger partial charge is 0.415 e. The van der Waals surface area contributed by atoms with Crippen molar-refractivity contribution in [3.05, 3.63) is 0 Å². The summed E-state index contributed by atoms with van der Waals surface area (Å²) in [6, 6.07) is 0. The van der Waals surface area contributed by atoms with E-state index in [1.54, 1.807) is 0 Å². The molecule has 1 aliphatic rings. The summed E-state index contributed by atoms with van der Waals surface area (Å²) in [5, 5.41) is 20.5. The summed E-state index contributed by atoms with van der Waals surface area (Å²) in [4.78, 5) is 0. The molecule has 0 bridgehead atoms. The molecule has 0 amide bonds. The molecule has 0 aromatic carbocycles. The van der Waals surface area contributed by atoms with Crippen molar-refractivity contribution in [1.29, 1.82) is 0 Å². The van der Waals surface area contributed by atoms with Crippen molar-refractivity contribution < 1.29 is 23.4 Å². The van der Waals surface area contributed by atoms with Crippen LogP contribution >= 0.6 is 0 Å². The standard InChI is InChI=1S/C8H14F3NO2/c9-8(10,11)6(13)4-12-5-7(14)2-1-3-7/h6,12-14H,1-5H2. The number of alkyl halides is 3. The van der Waals surface area contributed by atoms with E-state index in [9.17, 15) is 18.3 Å². The SMILES string of the molecule is OC(CNCC1(O)CCC1)C(F)(F)F. The molecule has 1 unspecified atom stereocenters. The highest BCUT2D eigenvalue weighted by Gasteiger charge is 2.39. The molecular formula is C8H14F3NO2. The lowest BCUT2D eigenvalue weighted by molar-refractivity contribution is -0.202. The molecule has 6 heteroatoms. The van der Waals surface area contributed by atoms with Gasteiger partial charge in [0.05, 0.1) is 5.60 Å². The lowest BCUT2D eigenvalue weighted by Crippen LogP contribution is -2.49. The molecule has 0 heterocycles. The Morgan fingerprint density at radius 2 is 1.93 bits per heavy atom. The maximum absolute atomic E-state index is 11.8. The molecule has 3 N–H and O–H groups in total. The van der Waals surface area contributed by atoms with Gasteiger partial charge in [-0.05, 0) is 19.3 Å². The highest BCUT2D eigenvalue weighted by molar-refractivity contribution is 4.89. The molecule has 0 aliphatic heterocycles. The first-order valence-corrected chi connectivity index (χ1v) is 4.51. The smallest absolute Gasteiger partial charge is 0.389 e. The van der Waals surface area contributed by atoms with Gasteiger partial charge in [0, 0.05) is 13.1 Å². The third-order valence-electron chi connectivity index (χ3n) is 2.45. The van der Waals surface area contributed by atoms with Crippen LogP contribution in [0.3, 0.4) is 0 Å². The second-order valence-electron chi connectivity index (χ2n) is 3.77. The first-order valence-electron chi connectivity index (χ1n) is 4.51. The van der Waals surface area contributed by atoms with E-state index in [4.69, 9.17) is 5.11 Å². The molecule has 3 nitrogen and oxygen atoms in total. The van der Waals surface area contributed by atoms with E-state index in [0.717, 1.165) is 6.42 Å². The van der Waals surface area contributed by atoms with Gasteiger partial charge in [0.1, 0.15) is 0 Å². The van der Waals surface area contributed by atoms with Gasteiger partial charge in [0.15, 0.2) is 6.10 Å². The van der Waals surface area contributed by atoms with Crippen molar-refractivity contribution in [2.75, 3.05) is 13.1 Å². The zero-order valence-corrected chi connectivity index (χ0v) is 7.64. The van der Waals surface area contributed by atoms with E-state index in [-0.39, 0.29) is 6.54 Å². The predicted octanol–water partition coefficient (Wildman–Crippen LogP) is 0.414. The Bertz CT molecular complexity index is 192. The number of aliphatic hydroxyl groups excluding tert-OH is 1. The molecule has 1 aliphatic carbocycles. The molecular weight excluding hydrogens is 199 g/mol. The van der Waals surface area contributed by atoms with E-state index >= 15 is 0 Å². The summed E-state index contributed by atoms with van der Waals surface area (Å²) in [5.41, 5.74) is -0.856. The molecule has 0 aromatic heterocycles. The van der Waals surface area contributed by atoms with Crippen LogP contribution in [0.15, 0.2) is 0 Å². The summed E-state index contributed by atoms with van der Waals surface area (Å²) in [5.74, 6) is 0. The molecule has 1 fully saturated rings. The number of halogens is 3. The van der Waals surface area contributed by atoms with Crippen LogP contribution in [-0.4, -0.2) is 41.2 Å². The Labute approximate surface area is 79.9 Å². The normalized spacial score (nSPS) is 22.9. The van der Waals surface area contributed by atoms with Crippen LogP contribution in [0, 0.1) is 0 Å². The van der Waals surface area contributed by atoms with Crippen molar-refractivity contribution in [3.63, 3.8) is 0 Å². The van der Waals surface area contributed by atoms with E-state index < -0.39 is 24.4 Å². The molecule has 1 atom stereocenters. The topological polar surface area (TPSA) is 52.5 Å². The van der Waals surface area contributed by atoms with Gasteiger partial charge >= 0.3 is 6.18 Å². The lowest BCUT2D eigenvalue weighted by atomic mass is 9.80. The Morgan fingerprint density at radius 1 is 1.36 bits per heavy atom. The highest BCUT2D eigenvalue weighted by atomic mass is 19.4. The van der Waals surface area contributed by atoms with Crippen molar-refractivity contribution >= 4 is 0 Å². The zero-order chi connectivity index (χ0) is 10.8. The van der Waals surface area contributed by atoms with Crippen LogP contribution in [-0.2, 0) is 0 Å². The average molecular weight is 213 g/mol. The fourth-order valence-corrected chi connectivity index (χ4v) is 1.32. The summed E-state index contributed by atoms with van der Waals surface area (Å²) in [7, 11) is 0. The van der Waals surface area contributed by atoms with Crippen LogP contribution < -0.4 is 5.32 Å². The van der Waals surface area contributed by atoms with Crippen LogP contribution in [0.1, 0.15) is 19.3 Å². The number of hydrogen-bond acceptors (Lipinski definition) is 3. The molecule has 84 valence electrons. The van der Waals surface area contributed by atoms with Gasteiger partial charge < -0.3 is 15.5 Å². The Kier molecular flexibility index (Phi) is 3.39. The summed E-state index contributed by atoms with van der Waals surface area (Å²) < 4.78 is 35.4. The summed E-state index contributed by atoms with van der Waals surface area (Å²) in [6.45, 7) is -0.452. The second-order valence-corrected chi connectivity index (χ2v) is 3.77. The minimum absolute atomic E-state index is 0.111. The Morgan fingerprint density at radius 3 is 2.29 bits per heavy atom. The van der Waals surface area contributed by atoms with E-state index in [1.807, 2.05) is 0 Å². The van der Waals surface area contributed by atoms with Gasteiger partial charge in [0.25, 0.3) is 0 Å². The van der Waals surface area contributed by atoms with Crippen LogP contribution in [0.5, 0.6) is 0 Å². The van der Waals surface area contributed by atoms with Gasteiger partial charge in [0.2, 0.25) is 0 Å². The van der Waals surface area contributed by atoms with Gasteiger partial charge in [-0.1, -0.05) is 0 Å². The highest BCUT2D eigenvalue weighted by Crippen LogP contribution is 2.30. The van der Waals surface area contributed by atoms with E-state index in [0.29, 0.717) is 12.8 Å². The van der Waals surface area contributed by atoms with Gasteiger partial charge in [-0.3, -0.25) is 0 Å². The van der Waals surface area contributed by atoms with Crippen molar-refractivity contribution in [2.45, 2.75) is 37.1 Å². The third kappa shape index (κ3) is 3.11. The molecule has 0 saturated heterocycles. The molecule has 0 radical (unpaired) electrons.